The maximum atomic E-state index is 12.4. The minimum Gasteiger partial charge on any atom is -0.329 e. The molecule has 0 aliphatic carbocycles. The summed E-state index contributed by atoms with van der Waals surface area (Å²) >= 11 is 0. The van der Waals surface area contributed by atoms with Gasteiger partial charge in [-0.25, -0.2) is 8.42 Å². The van der Waals surface area contributed by atoms with Gasteiger partial charge in [0.25, 0.3) is 0 Å². The van der Waals surface area contributed by atoms with Crippen LogP contribution in [0.5, 0.6) is 0 Å². The molecule has 0 spiro atoms. The van der Waals surface area contributed by atoms with E-state index in [1.807, 2.05) is 13.8 Å². The second-order valence-corrected chi connectivity index (χ2v) is 7.63. The molecule has 0 aliphatic rings. The largest absolute Gasteiger partial charge is 0.329 e. The van der Waals surface area contributed by atoms with Crippen molar-refractivity contribution in [2.45, 2.75) is 58.2 Å². The number of nitrogens with zero attached hydrogens (tertiary/aromatic N) is 1. The van der Waals surface area contributed by atoms with Crippen molar-refractivity contribution in [3.63, 3.8) is 0 Å². The number of sulfonamides is 1. The Bertz CT molecular complexity index is 290. The van der Waals surface area contributed by atoms with Crippen molar-refractivity contribution < 1.29 is 8.42 Å². The first kappa shape index (κ1) is 15.9. The van der Waals surface area contributed by atoms with Crippen molar-refractivity contribution in [2.24, 2.45) is 5.73 Å². The zero-order valence-electron chi connectivity index (χ0n) is 11.2. The Morgan fingerprint density at radius 1 is 1.19 bits per heavy atom. The summed E-state index contributed by atoms with van der Waals surface area (Å²) in [6.07, 6.45) is 1.65. The number of nitrogens with two attached hydrogens (primary N) is 1. The molecule has 0 fully saturated rings. The Kier molecular flexibility index (Phi) is 5.93. The minimum absolute atomic E-state index is 0.0628. The molecule has 0 aromatic heterocycles. The van der Waals surface area contributed by atoms with E-state index in [9.17, 15) is 8.42 Å². The van der Waals surface area contributed by atoms with E-state index in [0.717, 1.165) is 12.8 Å². The Balaban J connectivity index is 5.20. The molecular formula is C11H26N2O2S. The van der Waals surface area contributed by atoms with E-state index < -0.39 is 14.8 Å². The van der Waals surface area contributed by atoms with Crippen molar-refractivity contribution in [1.29, 1.82) is 0 Å². The van der Waals surface area contributed by atoms with Gasteiger partial charge in [0.2, 0.25) is 10.0 Å². The van der Waals surface area contributed by atoms with Gasteiger partial charge in [0.05, 0.1) is 4.75 Å². The van der Waals surface area contributed by atoms with Crippen LogP contribution in [0.25, 0.3) is 0 Å². The molecule has 0 radical (unpaired) electrons. The molecule has 0 aromatic rings. The van der Waals surface area contributed by atoms with Crippen LogP contribution in [-0.2, 0) is 10.0 Å². The van der Waals surface area contributed by atoms with Crippen molar-refractivity contribution >= 4 is 10.0 Å². The second-order valence-electron chi connectivity index (χ2n) is 4.99. The normalized spacial score (nSPS) is 13.8. The summed E-state index contributed by atoms with van der Waals surface area (Å²) in [6.45, 7) is 9.99. The highest BCUT2D eigenvalue weighted by Crippen LogP contribution is 2.24. The molecule has 0 aliphatic heterocycles. The summed E-state index contributed by atoms with van der Waals surface area (Å²) in [5.41, 5.74) is 5.51. The first-order valence-electron chi connectivity index (χ1n) is 5.93. The third kappa shape index (κ3) is 3.43. The van der Waals surface area contributed by atoms with Gasteiger partial charge in [-0.3, -0.25) is 0 Å². The van der Waals surface area contributed by atoms with Crippen molar-refractivity contribution in [3.05, 3.63) is 0 Å². The zero-order chi connectivity index (χ0) is 13.0. The third-order valence-corrected chi connectivity index (χ3v) is 5.43. The third-order valence-electron chi connectivity index (χ3n) is 2.78. The lowest BCUT2D eigenvalue weighted by atomic mass is 10.2. The summed E-state index contributed by atoms with van der Waals surface area (Å²) in [5, 5.41) is 0. The monoisotopic (exact) mass is 250 g/mol. The summed E-state index contributed by atoms with van der Waals surface area (Å²) in [5.74, 6) is 0. The van der Waals surface area contributed by atoms with Crippen molar-refractivity contribution in [2.75, 3.05) is 13.1 Å². The van der Waals surface area contributed by atoms with Crippen LogP contribution in [0.4, 0.5) is 0 Å². The summed E-state index contributed by atoms with van der Waals surface area (Å²) in [6, 6.07) is 0.0628. The summed E-state index contributed by atoms with van der Waals surface area (Å²) in [7, 11) is -3.27. The molecule has 0 aromatic carbocycles. The van der Waals surface area contributed by atoms with Crippen LogP contribution >= 0.6 is 0 Å². The van der Waals surface area contributed by atoms with Crippen LogP contribution in [0.2, 0.25) is 0 Å². The molecule has 98 valence electrons. The van der Waals surface area contributed by atoms with Crippen LogP contribution in [0.3, 0.4) is 0 Å². The maximum absolute atomic E-state index is 12.4. The van der Waals surface area contributed by atoms with Gasteiger partial charge in [0.1, 0.15) is 0 Å². The predicted octanol–water partition coefficient (Wildman–Crippen LogP) is 1.56. The van der Waals surface area contributed by atoms with Crippen LogP contribution in [-0.4, -0.2) is 36.6 Å². The van der Waals surface area contributed by atoms with Crippen LogP contribution < -0.4 is 5.73 Å². The molecule has 0 heterocycles. The van der Waals surface area contributed by atoms with Gasteiger partial charge in [0, 0.05) is 19.1 Å². The fourth-order valence-corrected chi connectivity index (χ4v) is 3.41. The average molecular weight is 250 g/mol. The van der Waals surface area contributed by atoms with E-state index >= 15 is 0 Å². The molecule has 0 rings (SSSR count). The SMILES string of the molecule is CCC(CC)N(CCN)S(=O)(=O)C(C)(C)C. The highest BCUT2D eigenvalue weighted by atomic mass is 32.2. The molecule has 5 heteroatoms. The molecule has 16 heavy (non-hydrogen) atoms. The first-order chi connectivity index (χ1) is 7.22. The molecule has 0 saturated carbocycles. The first-order valence-corrected chi connectivity index (χ1v) is 7.37. The highest BCUT2D eigenvalue weighted by Gasteiger charge is 2.37. The van der Waals surface area contributed by atoms with E-state index in [-0.39, 0.29) is 6.04 Å². The Morgan fingerprint density at radius 2 is 1.62 bits per heavy atom. The smallest absolute Gasteiger partial charge is 0.219 e. The number of hydrogen-bond donors (Lipinski definition) is 1. The Morgan fingerprint density at radius 3 is 1.88 bits per heavy atom. The van der Waals surface area contributed by atoms with Gasteiger partial charge in [0.15, 0.2) is 0 Å². The van der Waals surface area contributed by atoms with E-state index in [4.69, 9.17) is 5.73 Å². The molecule has 0 saturated heterocycles. The molecule has 0 bridgehead atoms. The molecule has 0 amide bonds. The molecule has 0 unspecified atom stereocenters. The van der Waals surface area contributed by atoms with Gasteiger partial charge in [-0.15, -0.1) is 0 Å². The predicted molar refractivity (Wildman–Crippen MR) is 68.8 cm³/mol. The summed E-state index contributed by atoms with van der Waals surface area (Å²) in [4.78, 5) is 0. The Labute approximate surface area is 100 Å². The Hall–Kier alpha value is -0.130. The van der Waals surface area contributed by atoms with E-state index in [1.54, 1.807) is 25.1 Å². The van der Waals surface area contributed by atoms with Crippen molar-refractivity contribution in [3.8, 4) is 0 Å². The topological polar surface area (TPSA) is 63.4 Å². The van der Waals surface area contributed by atoms with E-state index in [0.29, 0.717) is 13.1 Å². The van der Waals surface area contributed by atoms with Crippen LogP contribution in [0, 0.1) is 0 Å². The van der Waals surface area contributed by atoms with E-state index in [2.05, 4.69) is 0 Å². The lowest BCUT2D eigenvalue weighted by Gasteiger charge is -2.34. The number of hydrogen-bond acceptors (Lipinski definition) is 3. The number of rotatable bonds is 6. The van der Waals surface area contributed by atoms with Crippen molar-refractivity contribution in [1.82, 2.24) is 4.31 Å². The molecular weight excluding hydrogens is 224 g/mol. The van der Waals surface area contributed by atoms with Gasteiger partial charge in [-0.2, -0.15) is 4.31 Å². The van der Waals surface area contributed by atoms with Gasteiger partial charge < -0.3 is 5.73 Å². The van der Waals surface area contributed by atoms with Gasteiger partial charge in [-0.1, -0.05) is 13.8 Å². The fraction of sp³-hybridized carbons (Fsp3) is 1.00. The average Bonchev–Trinajstić information content (AvgIpc) is 2.16. The fourth-order valence-electron chi connectivity index (χ4n) is 1.67. The zero-order valence-corrected chi connectivity index (χ0v) is 12.0. The quantitative estimate of drug-likeness (QED) is 0.778. The highest BCUT2D eigenvalue weighted by molar-refractivity contribution is 7.90. The van der Waals surface area contributed by atoms with E-state index in [1.165, 1.54) is 0 Å². The second kappa shape index (κ2) is 5.98. The standard InChI is InChI=1S/C11H26N2O2S/c1-6-10(7-2)13(9-8-12)16(14,15)11(3,4)5/h10H,6-9,12H2,1-5H3. The van der Waals surface area contributed by atoms with Crippen LogP contribution in [0.1, 0.15) is 47.5 Å². The summed E-state index contributed by atoms with van der Waals surface area (Å²) < 4.78 is 25.6. The molecule has 4 nitrogen and oxygen atoms in total. The molecule has 0 atom stereocenters. The van der Waals surface area contributed by atoms with Gasteiger partial charge >= 0.3 is 0 Å². The lowest BCUT2D eigenvalue weighted by molar-refractivity contribution is 0.301. The maximum Gasteiger partial charge on any atom is 0.219 e. The molecule has 2 N–H and O–H groups in total. The minimum atomic E-state index is -3.27. The van der Waals surface area contributed by atoms with Gasteiger partial charge in [-0.05, 0) is 33.6 Å². The lowest BCUT2D eigenvalue weighted by Crippen LogP contribution is -2.49. The van der Waals surface area contributed by atoms with Crippen LogP contribution in [0.15, 0.2) is 0 Å².